The first-order valence-corrected chi connectivity index (χ1v) is 16.5. The molecule has 1 saturated carbocycles. The van der Waals surface area contributed by atoms with Gasteiger partial charge in [0.2, 0.25) is 5.91 Å². The van der Waals surface area contributed by atoms with Gasteiger partial charge >= 0.3 is 0 Å². The molecule has 3 aromatic carbocycles. The molecule has 3 aliphatic heterocycles. The highest BCUT2D eigenvalue weighted by Gasteiger charge is 2.50. The van der Waals surface area contributed by atoms with Crippen molar-refractivity contribution >= 4 is 35.0 Å². The van der Waals surface area contributed by atoms with E-state index in [9.17, 15) is 9.59 Å². The number of hydrogen-bond acceptors (Lipinski definition) is 4. The molecule has 232 valence electrons. The Balaban J connectivity index is 1.26. The summed E-state index contributed by atoms with van der Waals surface area (Å²) in [5, 5.41) is 4.72. The number of benzene rings is 3. The van der Waals surface area contributed by atoms with Crippen LogP contribution >= 0.6 is 23.2 Å². The molecule has 4 fully saturated rings. The van der Waals surface area contributed by atoms with E-state index in [1.54, 1.807) is 6.07 Å². The predicted molar refractivity (Wildman–Crippen MR) is 177 cm³/mol. The standard InChI is InChI=1S/C36H42Cl2N4O2/c1-24-15-25(2)17-29(16-24)35(44)41-13-14-42(32(22-41)28-10-11-30(37)31(38)18-28)34(43)23-40(3)36(19-26-7-5-4-6-8-26)20-27-9-12-33(36)39-21-27/h4-8,10-11,15-18,27,32-33,39H,9,12-14,19-23H2,1-3H3/t27?,32-,33?,36?/m0/s1. The van der Waals surface area contributed by atoms with E-state index in [0.717, 1.165) is 42.5 Å². The zero-order valence-electron chi connectivity index (χ0n) is 25.9. The Bertz CT molecular complexity index is 1500. The maximum absolute atomic E-state index is 14.3. The summed E-state index contributed by atoms with van der Waals surface area (Å²) in [6.45, 7) is 6.69. The molecule has 8 heteroatoms. The van der Waals surface area contributed by atoms with Crippen molar-refractivity contribution in [2.45, 2.75) is 57.2 Å². The molecule has 3 saturated heterocycles. The summed E-state index contributed by atoms with van der Waals surface area (Å²) >= 11 is 12.8. The van der Waals surface area contributed by atoms with Gasteiger partial charge in [-0.1, -0.05) is 76.8 Å². The van der Waals surface area contributed by atoms with Gasteiger partial charge in [0.1, 0.15) is 0 Å². The number of amides is 2. The summed E-state index contributed by atoms with van der Waals surface area (Å²) in [6.07, 6.45) is 4.35. The third-order valence-corrected chi connectivity index (χ3v) is 10.8. The lowest BCUT2D eigenvalue weighted by atomic mass is 9.65. The van der Waals surface area contributed by atoms with Crippen LogP contribution in [0.15, 0.2) is 66.7 Å². The number of nitrogens with one attached hydrogen (secondary N) is 1. The largest absolute Gasteiger partial charge is 0.334 e. The van der Waals surface area contributed by atoms with Crippen LogP contribution in [0.5, 0.6) is 0 Å². The van der Waals surface area contributed by atoms with Crippen LogP contribution in [0.2, 0.25) is 10.0 Å². The van der Waals surface area contributed by atoms with Crippen LogP contribution in [0.1, 0.15) is 57.9 Å². The number of piperazine rings is 1. The lowest BCUT2D eigenvalue weighted by molar-refractivity contribution is -0.140. The van der Waals surface area contributed by atoms with Crippen molar-refractivity contribution in [1.29, 1.82) is 0 Å². The summed E-state index contributed by atoms with van der Waals surface area (Å²) in [6, 6.07) is 22.1. The van der Waals surface area contributed by atoms with Crippen molar-refractivity contribution in [2.24, 2.45) is 5.92 Å². The highest BCUT2D eigenvalue weighted by molar-refractivity contribution is 6.42. The summed E-state index contributed by atoms with van der Waals surface area (Å²) < 4.78 is 0. The Morgan fingerprint density at radius 2 is 1.70 bits per heavy atom. The molecule has 3 unspecified atom stereocenters. The topological polar surface area (TPSA) is 55.9 Å². The lowest BCUT2D eigenvalue weighted by Gasteiger charge is -2.57. The average Bonchev–Trinajstić information content (AvgIpc) is 3.02. The number of piperidine rings is 2. The number of fused-ring (bicyclic) bond motifs is 3. The van der Waals surface area contributed by atoms with Gasteiger partial charge in [-0.3, -0.25) is 14.5 Å². The van der Waals surface area contributed by atoms with E-state index in [1.165, 1.54) is 12.0 Å². The first-order valence-electron chi connectivity index (χ1n) is 15.7. The van der Waals surface area contributed by atoms with E-state index in [4.69, 9.17) is 23.2 Å². The van der Waals surface area contributed by atoms with Crippen molar-refractivity contribution < 1.29 is 9.59 Å². The average molecular weight is 634 g/mol. The maximum Gasteiger partial charge on any atom is 0.254 e. The predicted octanol–water partition coefficient (Wildman–Crippen LogP) is 6.32. The van der Waals surface area contributed by atoms with Crippen LogP contribution in [-0.2, 0) is 11.2 Å². The van der Waals surface area contributed by atoms with E-state index in [1.807, 2.05) is 47.9 Å². The highest BCUT2D eigenvalue weighted by Crippen LogP contribution is 2.42. The SMILES string of the molecule is Cc1cc(C)cc(C(=O)N2CCN(C(=O)CN(C)C3(Cc4ccccc4)CC4CCC3NC4)[C@H](c3ccc(Cl)c(Cl)c3)C2)c1. The molecule has 1 N–H and O–H groups in total. The second-order valence-electron chi connectivity index (χ2n) is 13.1. The minimum atomic E-state index is -0.333. The molecule has 6 nitrogen and oxygen atoms in total. The molecular formula is C36H42Cl2N4O2. The van der Waals surface area contributed by atoms with Gasteiger partial charge in [-0.15, -0.1) is 0 Å². The van der Waals surface area contributed by atoms with Crippen molar-refractivity contribution in [3.05, 3.63) is 105 Å². The quantitative estimate of drug-likeness (QED) is 0.331. The van der Waals surface area contributed by atoms with Gasteiger partial charge in [0, 0.05) is 36.8 Å². The molecule has 2 bridgehead atoms. The zero-order chi connectivity index (χ0) is 31.0. The fourth-order valence-electron chi connectivity index (χ4n) is 7.89. The van der Waals surface area contributed by atoms with Crippen molar-refractivity contribution in [2.75, 3.05) is 39.8 Å². The van der Waals surface area contributed by atoms with Crippen LogP contribution in [0.4, 0.5) is 0 Å². The van der Waals surface area contributed by atoms with Crippen LogP contribution in [0, 0.1) is 19.8 Å². The van der Waals surface area contributed by atoms with E-state index < -0.39 is 0 Å². The van der Waals surface area contributed by atoms with E-state index >= 15 is 0 Å². The minimum absolute atomic E-state index is 0.0165. The second-order valence-corrected chi connectivity index (χ2v) is 13.9. The number of carbonyl (C=O) groups is 2. The van der Waals surface area contributed by atoms with Crippen LogP contribution < -0.4 is 5.32 Å². The molecule has 1 aliphatic carbocycles. The molecule has 2 amide bonds. The molecule has 0 spiro atoms. The third kappa shape index (κ3) is 6.28. The fourth-order valence-corrected chi connectivity index (χ4v) is 8.20. The fraction of sp³-hybridized carbons (Fsp3) is 0.444. The first kappa shape index (κ1) is 31.1. The number of carbonyl (C=O) groups excluding carboxylic acids is 2. The minimum Gasteiger partial charge on any atom is -0.334 e. The number of aryl methyl sites for hydroxylation is 2. The van der Waals surface area contributed by atoms with E-state index in [2.05, 4.69) is 53.7 Å². The molecule has 0 aromatic heterocycles. The number of likely N-dealkylation sites (N-methyl/N-ethyl adjacent to an activating group) is 1. The van der Waals surface area contributed by atoms with Crippen molar-refractivity contribution in [1.82, 2.24) is 20.0 Å². The molecule has 44 heavy (non-hydrogen) atoms. The first-order chi connectivity index (χ1) is 21.1. The summed E-state index contributed by atoms with van der Waals surface area (Å²) in [4.78, 5) is 34.2. The van der Waals surface area contributed by atoms with Gasteiger partial charge in [0.25, 0.3) is 5.91 Å². The number of halogens is 2. The Labute approximate surface area is 271 Å². The molecule has 0 radical (unpaired) electrons. The zero-order valence-corrected chi connectivity index (χ0v) is 27.4. The maximum atomic E-state index is 14.3. The van der Waals surface area contributed by atoms with Crippen LogP contribution in [0.3, 0.4) is 0 Å². The summed E-state index contributed by atoms with van der Waals surface area (Å²) in [5.41, 5.74) is 4.83. The second kappa shape index (κ2) is 12.8. The molecular weight excluding hydrogens is 591 g/mol. The molecule has 3 aromatic rings. The third-order valence-electron chi connectivity index (χ3n) is 10.1. The van der Waals surface area contributed by atoms with Crippen LogP contribution in [0.25, 0.3) is 0 Å². The highest BCUT2D eigenvalue weighted by atomic mass is 35.5. The van der Waals surface area contributed by atoms with E-state index in [-0.39, 0.29) is 23.4 Å². The number of rotatable bonds is 7. The number of hydrogen-bond donors (Lipinski definition) is 1. The Kier molecular flexibility index (Phi) is 9.07. The summed E-state index contributed by atoms with van der Waals surface area (Å²) in [5.74, 6) is 0.665. The monoisotopic (exact) mass is 632 g/mol. The van der Waals surface area contributed by atoms with Crippen LogP contribution in [-0.4, -0.2) is 77.9 Å². The van der Waals surface area contributed by atoms with Gasteiger partial charge in [-0.25, -0.2) is 0 Å². The van der Waals surface area contributed by atoms with Gasteiger partial charge in [-0.2, -0.15) is 0 Å². The van der Waals surface area contributed by atoms with Crippen molar-refractivity contribution in [3.8, 4) is 0 Å². The lowest BCUT2D eigenvalue weighted by Crippen LogP contribution is -2.69. The van der Waals surface area contributed by atoms with Gasteiger partial charge in [0.15, 0.2) is 0 Å². The Hall–Kier alpha value is -2.90. The summed E-state index contributed by atoms with van der Waals surface area (Å²) in [7, 11) is 2.12. The molecule has 7 rings (SSSR count). The molecule has 4 atom stereocenters. The molecule has 3 heterocycles. The van der Waals surface area contributed by atoms with Crippen molar-refractivity contribution in [3.63, 3.8) is 0 Å². The Morgan fingerprint density at radius 3 is 2.34 bits per heavy atom. The molecule has 4 aliphatic rings. The van der Waals surface area contributed by atoms with E-state index in [0.29, 0.717) is 53.7 Å². The normalized spacial score (nSPS) is 25.0. The number of nitrogens with zero attached hydrogens (tertiary/aromatic N) is 3. The Morgan fingerprint density at radius 1 is 0.955 bits per heavy atom. The van der Waals surface area contributed by atoms with Gasteiger partial charge in [0.05, 0.1) is 22.6 Å². The smallest absolute Gasteiger partial charge is 0.254 e. The van der Waals surface area contributed by atoms with Gasteiger partial charge < -0.3 is 15.1 Å². The van der Waals surface area contributed by atoms with Gasteiger partial charge in [-0.05, 0) is 94.4 Å².